The Balaban J connectivity index is 2.24. The molecule has 0 aliphatic heterocycles. The van der Waals surface area contributed by atoms with Crippen LogP contribution in [0.15, 0.2) is 39.6 Å². The molecule has 0 spiro atoms. The number of carbonyl (C=O) groups excluding carboxylic acids is 1. The molecule has 1 aromatic carbocycles. The van der Waals surface area contributed by atoms with E-state index < -0.39 is 5.97 Å². The first-order valence-corrected chi connectivity index (χ1v) is 7.58. The minimum absolute atomic E-state index is 0.000995. The number of pyridine rings is 1. The highest BCUT2D eigenvalue weighted by Crippen LogP contribution is 2.21. The molecule has 0 unspecified atom stereocenters. The molecule has 2 rings (SSSR count). The van der Waals surface area contributed by atoms with Crippen LogP contribution in [0, 0.1) is 13.8 Å². The van der Waals surface area contributed by atoms with Crippen molar-refractivity contribution < 1.29 is 14.7 Å². The number of aryl methyl sites for hydroxylation is 2. The molecule has 2 N–H and O–H groups in total. The molecule has 0 fully saturated rings. The van der Waals surface area contributed by atoms with Gasteiger partial charge >= 0.3 is 5.97 Å². The molecule has 23 heavy (non-hydrogen) atoms. The van der Waals surface area contributed by atoms with Crippen LogP contribution in [0.2, 0.25) is 0 Å². The molecule has 0 saturated heterocycles. The van der Waals surface area contributed by atoms with Gasteiger partial charge in [0.05, 0.1) is 11.3 Å². The van der Waals surface area contributed by atoms with E-state index in [9.17, 15) is 19.5 Å². The van der Waals surface area contributed by atoms with Gasteiger partial charge in [-0.05, 0) is 32.0 Å². The van der Waals surface area contributed by atoms with Crippen molar-refractivity contribution in [3.05, 3.63) is 62.0 Å². The molecule has 0 radical (unpaired) electrons. The van der Waals surface area contributed by atoms with E-state index in [-0.39, 0.29) is 29.1 Å². The standard InChI is InChI=1S/C16H15BrN2O4/c1-9-5-12(20)6-10(2)19(9)8-15(21)18-14-4-3-11(17)7-13(14)16(22)23/h3-7H,8H2,1-2H3,(H,18,21)(H,22,23). The Kier molecular flexibility index (Phi) is 5.00. The number of halogens is 1. The van der Waals surface area contributed by atoms with Crippen LogP contribution in [0.5, 0.6) is 0 Å². The molecule has 0 atom stereocenters. The van der Waals surface area contributed by atoms with Crippen molar-refractivity contribution in [1.29, 1.82) is 0 Å². The lowest BCUT2D eigenvalue weighted by molar-refractivity contribution is -0.116. The van der Waals surface area contributed by atoms with Gasteiger partial charge in [-0.1, -0.05) is 15.9 Å². The number of benzene rings is 1. The third-order valence-electron chi connectivity index (χ3n) is 3.34. The Morgan fingerprint density at radius 2 is 1.78 bits per heavy atom. The highest BCUT2D eigenvalue weighted by atomic mass is 79.9. The third kappa shape index (κ3) is 4.07. The Bertz CT molecular complexity index is 816. The summed E-state index contributed by atoms with van der Waals surface area (Å²) in [6.45, 7) is 3.47. The summed E-state index contributed by atoms with van der Waals surface area (Å²) in [7, 11) is 0. The summed E-state index contributed by atoms with van der Waals surface area (Å²) in [5.41, 5.74) is 1.44. The van der Waals surface area contributed by atoms with Crippen LogP contribution in [0.3, 0.4) is 0 Å². The van der Waals surface area contributed by atoms with E-state index in [1.54, 1.807) is 24.5 Å². The average Bonchev–Trinajstić information content (AvgIpc) is 2.44. The van der Waals surface area contributed by atoms with Gasteiger partial charge in [0.25, 0.3) is 0 Å². The molecule has 120 valence electrons. The second kappa shape index (κ2) is 6.78. The lowest BCUT2D eigenvalue weighted by atomic mass is 10.2. The van der Waals surface area contributed by atoms with Gasteiger partial charge < -0.3 is 15.0 Å². The lowest BCUT2D eigenvalue weighted by Crippen LogP contribution is -2.24. The fourth-order valence-electron chi connectivity index (χ4n) is 2.27. The maximum absolute atomic E-state index is 12.2. The minimum atomic E-state index is -1.13. The molecule has 0 aliphatic rings. The summed E-state index contributed by atoms with van der Waals surface area (Å²) in [6.07, 6.45) is 0. The zero-order valence-electron chi connectivity index (χ0n) is 12.6. The summed E-state index contributed by atoms with van der Waals surface area (Å²) < 4.78 is 2.30. The van der Waals surface area contributed by atoms with Crippen LogP contribution in [0.4, 0.5) is 5.69 Å². The zero-order chi connectivity index (χ0) is 17.1. The predicted molar refractivity (Wildman–Crippen MR) is 89.9 cm³/mol. The third-order valence-corrected chi connectivity index (χ3v) is 3.83. The number of anilines is 1. The van der Waals surface area contributed by atoms with Gasteiger partial charge in [-0.2, -0.15) is 0 Å². The number of aromatic nitrogens is 1. The summed E-state index contributed by atoms with van der Waals surface area (Å²) >= 11 is 3.20. The first-order chi connectivity index (χ1) is 10.8. The zero-order valence-corrected chi connectivity index (χ0v) is 14.2. The van der Waals surface area contributed by atoms with Crippen molar-refractivity contribution in [3.8, 4) is 0 Å². The molecule has 0 bridgehead atoms. The molecule has 1 aromatic heterocycles. The molecule has 0 aliphatic carbocycles. The van der Waals surface area contributed by atoms with Gasteiger partial charge in [-0.15, -0.1) is 0 Å². The number of rotatable bonds is 4. The fourth-order valence-corrected chi connectivity index (χ4v) is 2.63. The van der Waals surface area contributed by atoms with Crippen LogP contribution in [0.1, 0.15) is 21.7 Å². The van der Waals surface area contributed by atoms with Crippen molar-refractivity contribution in [2.24, 2.45) is 0 Å². The Morgan fingerprint density at radius 1 is 1.17 bits per heavy atom. The summed E-state index contributed by atoms with van der Waals surface area (Å²) in [4.78, 5) is 34.9. The van der Waals surface area contributed by atoms with E-state index in [0.29, 0.717) is 15.9 Å². The highest BCUT2D eigenvalue weighted by molar-refractivity contribution is 9.10. The molecule has 2 aromatic rings. The van der Waals surface area contributed by atoms with Crippen LogP contribution in [-0.4, -0.2) is 21.6 Å². The number of hydrogen-bond acceptors (Lipinski definition) is 3. The van der Waals surface area contributed by atoms with E-state index in [0.717, 1.165) is 0 Å². The Hall–Kier alpha value is -2.41. The maximum Gasteiger partial charge on any atom is 0.337 e. The minimum Gasteiger partial charge on any atom is -0.478 e. The van der Waals surface area contributed by atoms with Crippen LogP contribution >= 0.6 is 15.9 Å². The van der Waals surface area contributed by atoms with Gasteiger partial charge in [-0.3, -0.25) is 9.59 Å². The smallest absolute Gasteiger partial charge is 0.337 e. The van der Waals surface area contributed by atoms with E-state index in [4.69, 9.17) is 0 Å². The molecule has 1 heterocycles. The van der Waals surface area contributed by atoms with Gasteiger partial charge in [0.1, 0.15) is 6.54 Å². The van der Waals surface area contributed by atoms with Crippen molar-refractivity contribution >= 4 is 33.5 Å². The van der Waals surface area contributed by atoms with Gasteiger partial charge in [0.2, 0.25) is 5.91 Å². The van der Waals surface area contributed by atoms with Crippen molar-refractivity contribution in [1.82, 2.24) is 4.57 Å². The van der Waals surface area contributed by atoms with E-state index in [1.165, 1.54) is 24.3 Å². The summed E-state index contributed by atoms with van der Waals surface area (Å²) in [5.74, 6) is -1.50. The van der Waals surface area contributed by atoms with Crippen molar-refractivity contribution in [2.45, 2.75) is 20.4 Å². The largest absolute Gasteiger partial charge is 0.478 e. The van der Waals surface area contributed by atoms with Crippen LogP contribution in [0.25, 0.3) is 0 Å². The van der Waals surface area contributed by atoms with Gasteiger partial charge in [0, 0.05) is 28.0 Å². The average molecular weight is 379 g/mol. The van der Waals surface area contributed by atoms with E-state index >= 15 is 0 Å². The van der Waals surface area contributed by atoms with Crippen molar-refractivity contribution in [3.63, 3.8) is 0 Å². The highest BCUT2D eigenvalue weighted by Gasteiger charge is 2.14. The van der Waals surface area contributed by atoms with Gasteiger partial charge in [-0.25, -0.2) is 4.79 Å². The topological polar surface area (TPSA) is 88.4 Å². The Morgan fingerprint density at radius 3 is 2.35 bits per heavy atom. The number of carboxylic acid groups (broad SMARTS) is 1. The lowest BCUT2D eigenvalue weighted by Gasteiger charge is -2.15. The molecule has 7 heteroatoms. The van der Waals surface area contributed by atoms with E-state index in [1.807, 2.05) is 0 Å². The Labute approximate surface area is 140 Å². The first-order valence-electron chi connectivity index (χ1n) is 6.78. The number of aromatic carboxylic acids is 1. The van der Waals surface area contributed by atoms with Crippen molar-refractivity contribution in [2.75, 3.05) is 5.32 Å². The summed E-state index contributed by atoms with van der Waals surface area (Å²) in [6, 6.07) is 7.49. The molecule has 0 saturated carbocycles. The maximum atomic E-state index is 12.2. The molecular formula is C16H15BrN2O4. The number of hydrogen-bond donors (Lipinski definition) is 2. The predicted octanol–water partition coefficient (Wildman–Crippen LogP) is 2.56. The van der Waals surface area contributed by atoms with Crippen LogP contribution < -0.4 is 10.7 Å². The van der Waals surface area contributed by atoms with Crippen LogP contribution in [-0.2, 0) is 11.3 Å². The van der Waals surface area contributed by atoms with E-state index in [2.05, 4.69) is 21.2 Å². The second-order valence-electron chi connectivity index (χ2n) is 5.10. The monoisotopic (exact) mass is 378 g/mol. The molecule has 1 amide bonds. The molecular weight excluding hydrogens is 364 g/mol. The molecule has 6 nitrogen and oxygen atoms in total. The quantitative estimate of drug-likeness (QED) is 0.855. The normalized spacial score (nSPS) is 10.4. The SMILES string of the molecule is Cc1cc(=O)cc(C)n1CC(=O)Nc1ccc(Br)cc1C(=O)O. The second-order valence-corrected chi connectivity index (χ2v) is 6.02. The first kappa shape index (κ1) is 17.0. The summed E-state index contributed by atoms with van der Waals surface area (Å²) in [5, 5.41) is 11.8. The fraction of sp³-hybridized carbons (Fsp3) is 0.188. The number of nitrogens with zero attached hydrogens (tertiary/aromatic N) is 1. The van der Waals surface area contributed by atoms with Gasteiger partial charge in [0.15, 0.2) is 5.43 Å². The number of amides is 1. The number of nitrogens with one attached hydrogen (secondary N) is 1. The number of carboxylic acids is 1. The number of carbonyl (C=O) groups is 2.